The van der Waals surface area contributed by atoms with Crippen molar-refractivity contribution in [3.63, 3.8) is 0 Å². The smallest absolute Gasteiger partial charge is 0.341 e. The molecule has 4 aliphatic rings. The standard InChI is InChI=1S/C20H24ClN3O3/c1-2-26-18(25)13-3-4-15(22-17(13)21)24-11-5-16(23-24)27-12-6-14-19(7-8-19)20(14)9-10-20/h3-5,11,14,16,23H,2,6-10,12H2,1H3. The molecule has 5 rings (SSSR count). The Balaban J connectivity index is 1.13. The first kappa shape index (κ1) is 17.5. The van der Waals surface area contributed by atoms with Gasteiger partial charge in [0.25, 0.3) is 0 Å². The third kappa shape index (κ3) is 2.77. The summed E-state index contributed by atoms with van der Waals surface area (Å²) in [5.41, 5.74) is 4.98. The summed E-state index contributed by atoms with van der Waals surface area (Å²) in [6.45, 7) is 2.83. The Bertz CT molecular complexity index is 786. The number of fused-ring (bicyclic) bond motifs is 1. The fraction of sp³-hybridized carbons (Fsp3) is 0.600. The van der Waals surface area contributed by atoms with Crippen molar-refractivity contribution in [2.24, 2.45) is 16.7 Å². The predicted molar refractivity (Wildman–Crippen MR) is 101 cm³/mol. The van der Waals surface area contributed by atoms with Gasteiger partial charge in [-0.25, -0.2) is 9.78 Å². The molecule has 1 unspecified atom stereocenters. The highest BCUT2D eigenvalue weighted by atomic mass is 35.5. The zero-order valence-corrected chi connectivity index (χ0v) is 16.2. The molecule has 3 aliphatic carbocycles. The van der Waals surface area contributed by atoms with Gasteiger partial charge in [0.15, 0.2) is 0 Å². The lowest BCUT2D eigenvalue weighted by molar-refractivity contribution is 0.0525. The number of carbonyl (C=O) groups is 1. The van der Waals surface area contributed by atoms with Crippen LogP contribution in [-0.2, 0) is 9.47 Å². The topological polar surface area (TPSA) is 63.7 Å². The SMILES string of the molecule is CCOC(=O)c1ccc(N2C=CC(OCCC3C4(CC4)C34CC4)N2)nc1Cl. The molecule has 27 heavy (non-hydrogen) atoms. The van der Waals surface area contributed by atoms with Gasteiger partial charge in [-0.05, 0) is 74.0 Å². The number of rotatable bonds is 7. The van der Waals surface area contributed by atoms with Crippen LogP contribution in [0.2, 0.25) is 5.15 Å². The second-order valence-corrected chi connectivity index (χ2v) is 8.37. The van der Waals surface area contributed by atoms with Crippen LogP contribution >= 0.6 is 11.6 Å². The van der Waals surface area contributed by atoms with Crippen molar-refractivity contribution < 1.29 is 14.3 Å². The lowest BCUT2D eigenvalue weighted by atomic mass is 10.2. The Labute approximate surface area is 163 Å². The Hall–Kier alpha value is -1.63. The van der Waals surface area contributed by atoms with Crippen LogP contribution in [0, 0.1) is 16.7 Å². The number of nitrogens with one attached hydrogen (secondary N) is 1. The van der Waals surface area contributed by atoms with Crippen molar-refractivity contribution in [2.75, 3.05) is 18.2 Å². The molecular weight excluding hydrogens is 366 g/mol. The Morgan fingerprint density at radius 3 is 2.70 bits per heavy atom. The number of hydrogen-bond acceptors (Lipinski definition) is 6. The van der Waals surface area contributed by atoms with Gasteiger partial charge in [0.2, 0.25) is 0 Å². The average molecular weight is 390 g/mol. The number of pyridine rings is 1. The van der Waals surface area contributed by atoms with Crippen molar-refractivity contribution in [3.8, 4) is 0 Å². The highest BCUT2D eigenvalue weighted by Gasteiger charge is 2.85. The van der Waals surface area contributed by atoms with Crippen molar-refractivity contribution in [1.29, 1.82) is 0 Å². The van der Waals surface area contributed by atoms with E-state index in [1.807, 2.05) is 12.3 Å². The molecular formula is C20H24ClN3O3. The van der Waals surface area contributed by atoms with Crippen LogP contribution in [0.25, 0.3) is 0 Å². The first-order valence-electron chi connectivity index (χ1n) is 9.79. The Kier molecular flexibility index (Phi) is 4.00. The van der Waals surface area contributed by atoms with E-state index in [9.17, 15) is 4.79 Å². The van der Waals surface area contributed by atoms with Crippen LogP contribution in [0.3, 0.4) is 0 Å². The van der Waals surface area contributed by atoms with Crippen molar-refractivity contribution in [1.82, 2.24) is 10.4 Å². The van der Waals surface area contributed by atoms with Gasteiger partial charge in [-0.15, -0.1) is 0 Å². The molecule has 144 valence electrons. The summed E-state index contributed by atoms with van der Waals surface area (Å²) in [6, 6.07) is 3.36. The van der Waals surface area contributed by atoms with E-state index in [1.54, 1.807) is 24.1 Å². The maximum atomic E-state index is 11.8. The number of nitrogens with zero attached hydrogens (tertiary/aromatic N) is 2. The number of hydrogen-bond donors (Lipinski definition) is 1. The number of hydrazine groups is 1. The minimum absolute atomic E-state index is 0.128. The molecule has 2 spiro atoms. The monoisotopic (exact) mass is 389 g/mol. The van der Waals surface area contributed by atoms with Crippen molar-refractivity contribution >= 4 is 23.4 Å². The van der Waals surface area contributed by atoms with Gasteiger partial charge < -0.3 is 9.47 Å². The molecule has 3 saturated carbocycles. The van der Waals surface area contributed by atoms with Crippen LogP contribution in [0.1, 0.15) is 49.4 Å². The molecule has 0 aromatic carbocycles. The van der Waals surface area contributed by atoms with Gasteiger partial charge in [-0.2, -0.15) is 5.43 Å². The van der Waals surface area contributed by atoms with E-state index in [2.05, 4.69) is 10.4 Å². The highest BCUT2D eigenvalue weighted by molar-refractivity contribution is 6.32. The largest absolute Gasteiger partial charge is 0.462 e. The van der Waals surface area contributed by atoms with Gasteiger partial charge in [0, 0.05) is 12.8 Å². The third-order valence-electron chi connectivity index (χ3n) is 6.78. The van der Waals surface area contributed by atoms with E-state index < -0.39 is 5.97 Å². The summed E-state index contributed by atoms with van der Waals surface area (Å²) in [7, 11) is 0. The first-order chi connectivity index (χ1) is 13.1. The van der Waals surface area contributed by atoms with Crippen LogP contribution in [0.15, 0.2) is 24.4 Å². The Morgan fingerprint density at radius 1 is 1.33 bits per heavy atom. The minimum atomic E-state index is -0.463. The predicted octanol–water partition coefficient (Wildman–Crippen LogP) is 3.67. The van der Waals surface area contributed by atoms with E-state index in [1.165, 1.54) is 32.1 Å². The van der Waals surface area contributed by atoms with E-state index >= 15 is 0 Å². The molecule has 0 amide bonds. The van der Waals surface area contributed by atoms with E-state index in [0.29, 0.717) is 12.4 Å². The number of halogens is 1. The molecule has 3 fully saturated rings. The highest BCUT2D eigenvalue weighted by Crippen LogP contribution is 2.93. The molecule has 1 aromatic rings. The molecule has 0 radical (unpaired) electrons. The van der Waals surface area contributed by atoms with E-state index in [-0.39, 0.29) is 16.9 Å². The first-order valence-corrected chi connectivity index (χ1v) is 10.2. The normalized spacial score (nSPS) is 26.0. The molecule has 1 aliphatic heterocycles. The molecule has 1 atom stereocenters. The molecule has 7 heteroatoms. The van der Waals surface area contributed by atoms with Crippen LogP contribution in [0.4, 0.5) is 5.82 Å². The third-order valence-corrected chi connectivity index (χ3v) is 7.06. The maximum absolute atomic E-state index is 11.8. The molecule has 6 nitrogen and oxygen atoms in total. The van der Waals surface area contributed by atoms with Gasteiger partial charge in [-0.1, -0.05) is 11.6 Å². The van der Waals surface area contributed by atoms with Crippen LogP contribution in [-0.4, -0.2) is 30.4 Å². The number of aromatic nitrogens is 1. The quantitative estimate of drug-likeness (QED) is 0.567. The number of carbonyl (C=O) groups excluding carboxylic acids is 1. The maximum Gasteiger partial charge on any atom is 0.341 e. The minimum Gasteiger partial charge on any atom is -0.462 e. The average Bonchev–Trinajstić information content (AvgIpc) is 3.60. The Morgan fingerprint density at radius 2 is 2.07 bits per heavy atom. The number of ether oxygens (including phenoxy) is 2. The molecule has 0 saturated heterocycles. The van der Waals surface area contributed by atoms with Crippen LogP contribution in [0.5, 0.6) is 0 Å². The lowest BCUT2D eigenvalue weighted by Crippen LogP contribution is -2.37. The van der Waals surface area contributed by atoms with E-state index in [0.717, 1.165) is 23.4 Å². The summed E-state index contributed by atoms with van der Waals surface area (Å²) in [5, 5.41) is 1.89. The summed E-state index contributed by atoms with van der Waals surface area (Å²) in [5.74, 6) is 1.04. The number of anilines is 1. The van der Waals surface area contributed by atoms with Crippen molar-refractivity contribution in [3.05, 3.63) is 35.1 Å². The molecule has 0 bridgehead atoms. The van der Waals surface area contributed by atoms with Crippen molar-refractivity contribution in [2.45, 2.75) is 45.3 Å². The second kappa shape index (κ2) is 6.19. The van der Waals surface area contributed by atoms with Gasteiger partial charge >= 0.3 is 5.97 Å². The zero-order chi connectivity index (χ0) is 18.6. The summed E-state index contributed by atoms with van der Waals surface area (Å²) in [4.78, 5) is 16.1. The van der Waals surface area contributed by atoms with Gasteiger partial charge in [-0.3, -0.25) is 5.01 Å². The van der Waals surface area contributed by atoms with Gasteiger partial charge in [0.05, 0.1) is 12.2 Å². The lowest BCUT2D eigenvalue weighted by Gasteiger charge is -2.19. The fourth-order valence-electron chi connectivity index (χ4n) is 5.21. The van der Waals surface area contributed by atoms with Gasteiger partial charge in [0.1, 0.15) is 17.2 Å². The molecule has 1 aromatic heterocycles. The van der Waals surface area contributed by atoms with E-state index in [4.69, 9.17) is 21.1 Å². The van der Waals surface area contributed by atoms with Crippen LogP contribution < -0.4 is 10.4 Å². The summed E-state index contributed by atoms with van der Waals surface area (Å²) >= 11 is 6.14. The zero-order valence-electron chi connectivity index (χ0n) is 15.4. The fourth-order valence-corrected chi connectivity index (χ4v) is 5.44. The number of esters is 1. The summed E-state index contributed by atoms with van der Waals surface area (Å²) in [6.07, 6.45) is 10.6. The molecule has 1 N–H and O–H groups in total. The molecule has 2 heterocycles. The summed E-state index contributed by atoms with van der Waals surface area (Å²) < 4.78 is 11.0. The second-order valence-electron chi connectivity index (χ2n) is 8.01.